The van der Waals surface area contributed by atoms with Crippen molar-refractivity contribution in [2.45, 2.75) is 26.4 Å². The number of rotatable bonds is 5. The predicted octanol–water partition coefficient (Wildman–Crippen LogP) is 3.81. The fourth-order valence-corrected chi connectivity index (χ4v) is 1.82. The van der Waals surface area contributed by atoms with Gasteiger partial charge in [-0.15, -0.1) is 0 Å². The molecule has 0 aliphatic heterocycles. The molecule has 0 saturated heterocycles. The molecule has 1 aromatic rings. The molecule has 118 valence electrons. The van der Waals surface area contributed by atoms with Crippen LogP contribution in [0.1, 0.15) is 18.9 Å². The third-order valence-electron chi connectivity index (χ3n) is 2.98. The van der Waals surface area contributed by atoms with Crippen LogP contribution in [-0.2, 0) is 0 Å². The molecule has 0 saturated carbocycles. The highest BCUT2D eigenvalue weighted by molar-refractivity contribution is 5.89. The van der Waals surface area contributed by atoms with Crippen LogP contribution in [-0.4, -0.2) is 37.3 Å². The van der Waals surface area contributed by atoms with Crippen molar-refractivity contribution in [3.8, 4) is 5.75 Å². The summed E-state index contributed by atoms with van der Waals surface area (Å²) >= 11 is 0. The zero-order valence-electron chi connectivity index (χ0n) is 12.3. The molecular weight excluding hydrogens is 285 g/mol. The molecular formula is C14H19F3N2O2. The maximum Gasteiger partial charge on any atom is 0.390 e. The van der Waals surface area contributed by atoms with Crippen LogP contribution in [0.2, 0.25) is 0 Å². The molecule has 1 rings (SSSR count). The Bertz CT molecular complexity index is 490. The Labute approximate surface area is 121 Å². The summed E-state index contributed by atoms with van der Waals surface area (Å²) in [6.07, 6.45) is -5.29. The molecule has 0 heterocycles. The summed E-state index contributed by atoms with van der Waals surface area (Å²) in [6.45, 7) is 3.29. The SMILES string of the molecule is CCN(CCC(F)(F)F)C(=O)Nc1ccc(OC)c(C)c1. The van der Waals surface area contributed by atoms with E-state index >= 15 is 0 Å². The number of amides is 2. The number of carbonyl (C=O) groups is 1. The first-order chi connectivity index (χ1) is 9.76. The number of ether oxygens (including phenoxy) is 1. The molecule has 0 aromatic heterocycles. The molecule has 0 bridgehead atoms. The number of methoxy groups -OCH3 is 1. The number of alkyl halides is 3. The number of halogens is 3. The summed E-state index contributed by atoms with van der Waals surface area (Å²) in [7, 11) is 1.54. The highest BCUT2D eigenvalue weighted by atomic mass is 19.4. The average Bonchev–Trinajstić information content (AvgIpc) is 2.38. The molecule has 21 heavy (non-hydrogen) atoms. The minimum Gasteiger partial charge on any atom is -0.496 e. The third kappa shape index (κ3) is 5.53. The van der Waals surface area contributed by atoms with Crippen molar-refractivity contribution in [2.24, 2.45) is 0 Å². The van der Waals surface area contributed by atoms with E-state index in [2.05, 4.69) is 5.32 Å². The van der Waals surface area contributed by atoms with Crippen molar-refractivity contribution >= 4 is 11.7 Å². The highest BCUT2D eigenvalue weighted by Gasteiger charge is 2.28. The number of anilines is 1. The van der Waals surface area contributed by atoms with Crippen LogP contribution in [0.3, 0.4) is 0 Å². The van der Waals surface area contributed by atoms with E-state index in [0.717, 1.165) is 10.5 Å². The summed E-state index contributed by atoms with van der Waals surface area (Å²) < 4.78 is 41.7. The molecule has 0 radical (unpaired) electrons. The van der Waals surface area contributed by atoms with Crippen LogP contribution in [0.4, 0.5) is 23.7 Å². The normalized spacial score (nSPS) is 11.1. The van der Waals surface area contributed by atoms with Gasteiger partial charge in [-0.3, -0.25) is 0 Å². The number of benzene rings is 1. The summed E-state index contributed by atoms with van der Waals surface area (Å²) in [4.78, 5) is 13.1. The van der Waals surface area contributed by atoms with Crippen LogP contribution in [0.5, 0.6) is 5.75 Å². The fourth-order valence-electron chi connectivity index (χ4n) is 1.82. The van der Waals surface area contributed by atoms with Gasteiger partial charge >= 0.3 is 12.2 Å². The largest absolute Gasteiger partial charge is 0.496 e. The van der Waals surface area contributed by atoms with Crippen molar-refractivity contribution in [1.29, 1.82) is 0 Å². The molecule has 0 unspecified atom stereocenters. The predicted molar refractivity (Wildman–Crippen MR) is 74.7 cm³/mol. The quantitative estimate of drug-likeness (QED) is 0.898. The van der Waals surface area contributed by atoms with Gasteiger partial charge in [-0.05, 0) is 37.6 Å². The van der Waals surface area contributed by atoms with Crippen LogP contribution < -0.4 is 10.1 Å². The number of hydrogen-bond acceptors (Lipinski definition) is 2. The van der Waals surface area contributed by atoms with Crippen LogP contribution >= 0.6 is 0 Å². The number of nitrogens with one attached hydrogen (secondary N) is 1. The van der Waals surface area contributed by atoms with Gasteiger partial charge in [0, 0.05) is 18.8 Å². The van der Waals surface area contributed by atoms with Gasteiger partial charge in [0.25, 0.3) is 0 Å². The number of urea groups is 1. The van der Waals surface area contributed by atoms with Crippen molar-refractivity contribution in [2.75, 3.05) is 25.5 Å². The first-order valence-electron chi connectivity index (χ1n) is 6.54. The molecule has 4 nitrogen and oxygen atoms in total. The minimum atomic E-state index is -4.27. The Hall–Kier alpha value is -1.92. The van der Waals surface area contributed by atoms with Crippen molar-refractivity contribution < 1.29 is 22.7 Å². The van der Waals surface area contributed by atoms with Crippen LogP contribution in [0.15, 0.2) is 18.2 Å². The smallest absolute Gasteiger partial charge is 0.390 e. The Morgan fingerprint density at radius 3 is 2.52 bits per heavy atom. The van der Waals surface area contributed by atoms with E-state index in [-0.39, 0.29) is 13.1 Å². The molecule has 0 aliphatic carbocycles. The fraction of sp³-hybridized carbons (Fsp3) is 0.500. The van der Waals surface area contributed by atoms with E-state index in [0.29, 0.717) is 11.4 Å². The van der Waals surface area contributed by atoms with Crippen molar-refractivity contribution in [1.82, 2.24) is 4.90 Å². The van der Waals surface area contributed by atoms with Gasteiger partial charge in [0.05, 0.1) is 13.5 Å². The van der Waals surface area contributed by atoms with Gasteiger partial charge in [0.2, 0.25) is 0 Å². The molecule has 0 aliphatic rings. The van der Waals surface area contributed by atoms with Crippen molar-refractivity contribution in [3.05, 3.63) is 23.8 Å². The van der Waals surface area contributed by atoms with E-state index in [1.54, 1.807) is 25.1 Å². The van der Waals surface area contributed by atoms with E-state index in [9.17, 15) is 18.0 Å². The third-order valence-corrected chi connectivity index (χ3v) is 2.98. The Kier molecular flexibility index (Phi) is 5.87. The molecule has 0 atom stereocenters. The maximum atomic E-state index is 12.2. The second-order valence-corrected chi connectivity index (χ2v) is 4.56. The summed E-state index contributed by atoms with van der Waals surface area (Å²) in [6, 6.07) is 4.48. The molecule has 0 spiro atoms. The van der Waals surface area contributed by atoms with Gasteiger partial charge in [-0.25, -0.2) is 4.79 Å². The summed E-state index contributed by atoms with van der Waals surface area (Å²) in [5.74, 6) is 0.678. The number of hydrogen-bond donors (Lipinski definition) is 1. The molecule has 1 aromatic carbocycles. The maximum absolute atomic E-state index is 12.2. The van der Waals surface area contributed by atoms with Crippen LogP contribution in [0.25, 0.3) is 0 Å². The lowest BCUT2D eigenvalue weighted by molar-refractivity contribution is -0.136. The topological polar surface area (TPSA) is 41.6 Å². The Morgan fingerprint density at radius 2 is 2.05 bits per heavy atom. The van der Waals surface area contributed by atoms with Gasteiger partial charge in [-0.2, -0.15) is 13.2 Å². The first kappa shape index (κ1) is 17.1. The van der Waals surface area contributed by atoms with E-state index < -0.39 is 18.6 Å². The lowest BCUT2D eigenvalue weighted by atomic mass is 10.2. The highest BCUT2D eigenvalue weighted by Crippen LogP contribution is 2.22. The Morgan fingerprint density at radius 1 is 1.38 bits per heavy atom. The first-order valence-corrected chi connectivity index (χ1v) is 6.54. The number of nitrogens with zero attached hydrogens (tertiary/aromatic N) is 1. The molecule has 0 fully saturated rings. The zero-order valence-corrected chi connectivity index (χ0v) is 12.3. The van der Waals surface area contributed by atoms with E-state index in [1.807, 2.05) is 6.92 Å². The van der Waals surface area contributed by atoms with Crippen LogP contribution in [0, 0.1) is 6.92 Å². The molecule has 1 N–H and O–H groups in total. The minimum absolute atomic E-state index is 0.205. The van der Waals surface area contributed by atoms with Gasteiger partial charge < -0.3 is 15.0 Å². The lowest BCUT2D eigenvalue weighted by Gasteiger charge is -2.22. The average molecular weight is 304 g/mol. The monoisotopic (exact) mass is 304 g/mol. The summed E-state index contributed by atoms with van der Waals surface area (Å²) in [5, 5.41) is 2.59. The standard InChI is InChI=1S/C14H19F3N2O2/c1-4-19(8-7-14(15,16)17)13(20)18-11-5-6-12(21-3)10(2)9-11/h5-6,9H,4,7-8H2,1-3H3,(H,18,20). The molecule has 2 amide bonds. The van der Waals surface area contributed by atoms with Gasteiger partial charge in [0.1, 0.15) is 5.75 Å². The number of carbonyl (C=O) groups excluding carboxylic acids is 1. The zero-order chi connectivity index (χ0) is 16.0. The Balaban J connectivity index is 2.67. The second-order valence-electron chi connectivity index (χ2n) is 4.56. The van der Waals surface area contributed by atoms with Crippen molar-refractivity contribution in [3.63, 3.8) is 0 Å². The van der Waals surface area contributed by atoms with Gasteiger partial charge in [0.15, 0.2) is 0 Å². The molecule has 7 heteroatoms. The number of aryl methyl sites for hydroxylation is 1. The van der Waals surface area contributed by atoms with E-state index in [4.69, 9.17) is 4.74 Å². The second kappa shape index (κ2) is 7.19. The summed E-state index contributed by atoms with van der Waals surface area (Å²) in [5.41, 5.74) is 1.34. The lowest BCUT2D eigenvalue weighted by Crippen LogP contribution is -2.37. The van der Waals surface area contributed by atoms with Gasteiger partial charge in [-0.1, -0.05) is 0 Å². The van der Waals surface area contributed by atoms with E-state index in [1.165, 1.54) is 7.11 Å².